The molecular weight excluding hydrogens is 376 g/mol. The summed E-state index contributed by atoms with van der Waals surface area (Å²) >= 11 is 0. The number of hydrogen-bond donors (Lipinski definition) is 2. The van der Waals surface area contributed by atoms with Crippen LogP contribution in [0.2, 0.25) is 0 Å². The number of hydrogen-bond acceptors (Lipinski definition) is 7. The molecule has 0 aliphatic heterocycles. The molecule has 0 fully saturated rings. The minimum Gasteiger partial charge on any atom is -0.508 e. The van der Waals surface area contributed by atoms with Gasteiger partial charge in [-0.05, 0) is 43.2 Å². The van der Waals surface area contributed by atoms with E-state index in [1.54, 1.807) is 25.1 Å². The fourth-order valence-corrected chi connectivity index (χ4v) is 3.27. The standard InChI is InChI=1S/C22H24O7/c1-4-6-12-9-13(21(25)27-3)7-8-18(12)29-20(22(26)28-5-2)16-11-17(23)14-10-15(14)19(16)24/h7-9,11,20,23-24H,4-6,10H2,1-3H3. The average molecular weight is 400 g/mol. The van der Waals surface area contributed by atoms with Crippen molar-refractivity contribution in [1.29, 1.82) is 0 Å². The lowest BCUT2D eigenvalue weighted by molar-refractivity contribution is -0.151. The molecule has 7 heteroatoms. The van der Waals surface area contributed by atoms with Gasteiger partial charge >= 0.3 is 11.9 Å². The summed E-state index contributed by atoms with van der Waals surface area (Å²) in [5, 5.41) is 20.6. The molecule has 0 saturated heterocycles. The van der Waals surface area contributed by atoms with Crippen LogP contribution in [0.4, 0.5) is 0 Å². The van der Waals surface area contributed by atoms with Crippen molar-refractivity contribution in [3.05, 3.63) is 52.1 Å². The minimum absolute atomic E-state index is 0.0144. The van der Waals surface area contributed by atoms with E-state index in [2.05, 4.69) is 0 Å². The largest absolute Gasteiger partial charge is 0.508 e. The molecule has 154 valence electrons. The lowest BCUT2D eigenvalue weighted by Crippen LogP contribution is -2.22. The number of esters is 2. The summed E-state index contributed by atoms with van der Waals surface area (Å²) in [7, 11) is 1.31. The third-order valence-corrected chi connectivity index (χ3v) is 4.78. The van der Waals surface area contributed by atoms with E-state index in [9.17, 15) is 19.8 Å². The van der Waals surface area contributed by atoms with Crippen molar-refractivity contribution in [3.63, 3.8) is 0 Å². The summed E-state index contributed by atoms with van der Waals surface area (Å²) in [6, 6.07) is 6.14. The van der Waals surface area contributed by atoms with E-state index in [1.165, 1.54) is 13.2 Å². The van der Waals surface area contributed by atoms with Crippen molar-refractivity contribution in [2.75, 3.05) is 13.7 Å². The van der Waals surface area contributed by atoms with Gasteiger partial charge in [-0.25, -0.2) is 9.59 Å². The third-order valence-electron chi connectivity index (χ3n) is 4.78. The summed E-state index contributed by atoms with van der Waals surface area (Å²) in [6.45, 7) is 3.79. The maximum Gasteiger partial charge on any atom is 0.352 e. The molecule has 3 rings (SSSR count). The Kier molecular flexibility index (Phi) is 5.96. The first-order valence-corrected chi connectivity index (χ1v) is 9.52. The van der Waals surface area contributed by atoms with Gasteiger partial charge in [0, 0.05) is 23.1 Å². The molecule has 2 aromatic rings. The van der Waals surface area contributed by atoms with Gasteiger partial charge in [-0.2, -0.15) is 0 Å². The second kappa shape index (κ2) is 8.43. The van der Waals surface area contributed by atoms with Crippen LogP contribution >= 0.6 is 0 Å². The van der Waals surface area contributed by atoms with E-state index >= 15 is 0 Å². The van der Waals surface area contributed by atoms with E-state index in [0.29, 0.717) is 35.3 Å². The van der Waals surface area contributed by atoms with Crippen molar-refractivity contribution in [2.24, 2.45) is 0 Å². The molecule has 0 heterocycles. The van der Waals surface area contributed by atoms with Gasteiger partial charge in [0.25, 0.3) is 0 Å². The van der Waals surface area contributed by atoms with Crippen molar-refractivity contribution in [1.82, 2.24) is 0 Å². The predicted molar refractivity (Wildman–Crippen MR) is 104 cm³/mol. The first-order valence-electron chi connectivity index (χ1n) is 9.52. The quantitative estimate of drug-likeness (QED) is 0.441. The highest BCUT2D eigenvalue weighted by Gasteiger charge is 2.35. The Bertz CT molecular complexity index is 949. The number of phenolic OH excluding ortho intramolecular Hbond substituents is 2. The fourth-order valence-electron chi connectivity index (χ4n) is 3.27. The molecule has 1 atom stereocenters. The smallest absolute Gasteiger partial charge is 0.352 e. The number of phenols is 2. The normalized spacial score (nSPS) is 12.7. The second-order valence-corrected chi connectivity index (χ2v) is 6.78. The highest BCUT2D eigenvalue weighted by atomic mass is 16.6. The van der Waals surface area contributed by atoms with Crippen molar-refractivity contribution in [3.8, 4) is 17.2 Å². The topological polar surface area (TPSA) is 102 Å². The van der Waals surface area contributed by atoms with Crippen LogP contribution in [0.1, 0.15) is 59.0 Å². The van der Waals surface area contributed by atoms with Crippen LogP contribution in [0.15, 0.2) is 24.3 Å². The van der Waals surface area contributed by atoms with Crippen LogP contribution < -0.4 is 4.74 Å². The van der Waals surface area contributed by atoms with Crippen LogP contribution in [0.5, 0.6) is 17.2 Å². The van der Waals surface area contributed by atoms with Crippen LogP contribution in [0.25, 0.3) is 0 Å². The van der Waals surface area contributed by atoms with Crippen LogP contribution in [-0.4, -0.2) is 35.9 Å². The molecular formula is C22H24O7. The summed E-state index contributed by atoms with van der Waals surface area (Å²) in [6.07, 6.45) is 0.612. The van der Waals surface area contributed by atoms with Gasteiger partial charge in [0.05, 0.1) is 19.3 Å². The maximum absolute atomic E-state index is 12.6. The van der Waals surface area contributed by atoms with Gasteiger partial charge < -0.3 is 24.4 Å². The summed E-state index contributed by atoms with van der Waals surface area (Å²) in [4.78, 5) is 24.5. The number of ether oxygens (including phenoxy) is 3. The molecule has 0 amide bonds. The van der Waals surface area contributed by atoms with Gasteiger partial charge in [-0.15, -0.1) is 0 Å². The number of benzene rings is 2. The van der Waals surface area contributed by atoms with Crippen molar-refractivity contribution >= 4 is 11.9 Å². The second-order valence-electron chi connectivity index (χ2n) is 6.78. The lowest BCUT2D eigenvalue weighted by Gasteiger charge is -2.21. The molecule has 29 heavy (non-hydrogen) atoms. The maximum atomic E-state index is 12.6. The van der Waals surface area contributed by atoms with Crippen molar-refractivity contribution in [2.45, 2.75) is 39.2 Å². The number of methoxy groups -OCH3 is 1. The third kappa shape index (κ3) is 4.13. The number of aryl methyl sites for hydroxylation is 1. The van der Waals surface area contributed by atoms with E-state index in [4.69, 9.17) is 14.2 Å². The molecule has 1 aliphatic rings. The van der Waals surface area contributed by atoms with E-state index in [-0.39, 0.29) is 23.7 Å². The fraction of sp³-hybridized carbons (Fsp3) is 0.364. The number of carbonyl (C=O) groups excluding carboxylic acids is 2. The number of fused-ring (bicyclic) bond motifs is 1. The molecule has 0 saturated carbocycles. The van der Waals surface area contributed by atoms with Crippen LogP contribution in [0.3, 0.4) is 0 Å². The van der Waals surface area contributed by atoms with Crippen LogP contribution in [-0.2, 0) is 27.1 Å². The van der Waals surface area contributed by atoms with Crippen LogP contribution in [0, 0.1) is 0 Å². The Morgan fingerprint density at radius 2 is 1.90 bits per heavy atom. The van der Waals surface area contributed by atoms with E-state index < -0.39 is 18.0 Å². The lowest BCUT2D eigenvalue weighted by atomic mass is 10.0. The molecule has 0 aromatic heterocycles. The molecule has 0 radical (unpaired) electrons. The Labute approximate surface area is 168 Å². The highest BCUT2D eigenvalue weighted by molar-refractivity contribution is 5.89. The Morgan fingerprint density at radius 3 is 2.55 bits per heavy atom. The predicted octanol–water partition coefficient (Wildman–Crippen LogP) is 3.42. The molecule has 0 spiro atoms. The zero-order valence-electron chi connectivity index (χ0n) is 16.7. The van der Waals surface area contributed by atoms with E-state index in [1.807, 2.05) is 6.92 Å². The molecule has 1 aliphatic carbocycles. The molecule has 0 bridgehead atoms. The summed E-state index contributed by atoms with van der Waals surface area (Å²) in [5.74, 6) is -0.812. The summed E-state index contributed by atoms with van der Waals surface area (Å²) in [5.41, 5.74) is 2.52. The van der Waals surface area contributed by atoms with Crippen molar-refractivity contribution < 1.29 is 34.0 Å². The number of carbonyl (C=O) groups is 2. The first kappa shape index (κ1) is 20.5. The van der Waals surface area contributed by atoms with Gasteiger partial charge in [0.15, 0.2) is 0 Å². The Balaban J connectivity index is 2.01. The SMILES string of the molecule is CCCc1cc(C(=O)OC)ccc1OC(C(=O)OCC)c1cc(O)c2c(c1O)C2. The molecule has 2 N–H and O–H groups in total. The van der Waals surface area contributed by atoms with Gasteiger partial charge in [-0.1, -0.05) is 13.3 Å². The molecule has 2 aromatic carbocycles. The number of aromatic hydroxyl groups is 2. The molecule has 7 nitrogen and oxygen atoms in total. The average Bonchev–Trinajstić information content (AvgIpc) is 3.51. The highest BCUT2D eigenvalue weighted by Crippen LogP contribution is 2.47. The van der Waals surface area contributed by atoms with Gasteiger partial charge in [0.1, 0.15) is 17.2 Å². The van der Waals surface area contributed by atoms with E-state index in [0.717, 1.165) is 12.0 Å². The monoisotopic (exact) mass is 400 g/mol. The minimum atomic E-state index is -1.26. The molecule has 1 unspecified atom stereocenters. The Morgan fingerprint density at radius 1 is 1.14 bits per heavy atom. The zero-order valence-corrected chi connectivity index (χ0v) is 16.7. The Hall–Kier alpha value is -3.22. The number of rotatable bonds is 8. The van der Waals surface area contributed by atoms with Gasteiger partial charge in [-0.3, -0.25) is 0 Å². The zero-order chi connectivity index (χ0) is 21.1. The van der Waals surface area contributed by atoms with Gasteiger partial charge in [0.2, 0.25) is 6.10 Å². The first-order chi connectivity index (χ1) is 13.9. The summed E-state index contributed by atoms with van der Waals surface area (Å²) < 4.78 is 15.9.